The summed E-state index contributed by atoms with van der Waals surface area (Å²) >= 11 is 0. The van der Waals surface area contributed by atoms with Gasteiger partial charge in [0.2, 0.25) is 0 Å². The molecule has 1 heterocycles. The lowest BCUT2D eigenvalue weighted by Gasteiger charge is -2.11. The van der Waals surface area contributed by atoms with Crippen LogP contribution in [0.3, 0.4) is 0 Å². The smallest absolute Gasteiger partial charge is 0.254 e. The van der Waals surface area contributed by atoms with Crippen molar-refractivity contribution in [3.63, 3.8) is 0 Å². The van der Waals surface area contributed by atoms with Gasteiger partial charge >= 0.3 is 0 Å². The van der Waals surface area contributed by atoms with Gasteiger partial charge in [-0.15, -0.1) is 0 Å². The number of carbonyl (C=O) groups is 1. The molecule has 0 radical (unpaired) electrons. The Morgan fingerprint density at radius 1 is 1.24 bits per heavy atom. The van der Waals surface area contributed by atoms with Gasteiger partial charge in [0.15, 0.2) is 0 Å². The van der Waals surface area contributed by atoms with Crippen LogP contribution in [0.25, 0.3) is 0 Å². The standard InChI is InChI=1S/C17H21N3O/c1-3-19-16-9-10-18-12-15(16)17(21)20-11-8-14-7-5-4-6-13(14)2/h4-7,9-10,12H,3,8,11H2,1-2H3,(H,18,19)(H,20,21). The SMILES string of the molecule is CCNc1ccncc1C(=O)NCCc1ccccc1C. The number of anilines is 1. The van der Waals surface area contributed by atoms with Gasteiger partial charge in [-0.1, -0.05) is 24.3 Å². The number of rotatable bonds is 6. The highest BCUT2D eigenvalue weighted by molar-refractivity contribution is 5.99. The molecule has 0 aliphatic rings. The average molecular weight is 283 g/mol. The molecular weight excluding hydrogens is 262 g/mol. The summed E-state index contributed by atoms with van der Waals surface area (Å²) in [6.45, 7) is 5.47. The Kier molecular flexibility index (Phi) is 5.32. The van der Waals surface area contributed by atoms with Crippen LogP contribution >= 0.6 is 0 Å². The number of benzene rings is 1. The second kappa shape index (κ2) is 7.43. The lowest BCUT2D eigenvalue weighted by atomic mass is 10.1. The van der Waals surface area contributed by atoms with Gasteiger partial charge in [-0.05, 0) is 37.5 Å². The first-order chi connectivity index (χ1) is 10.2. The van der Waals surface area contributed by atoms with Crippen LogP contribution < -0.4 is 10.6 Å². The molecule has 1 aromatic carbocycles. The Bertz CT molecular complexity index is 610. The Balaban J connectivity index is 1.95. The van der Waals surface area contributed by atoms with Crippen LogP contribution in [0, 0.1) is 6.92 Å². The van der Waals surface area contributed by atoms with Crippen LogP contribution in [-0.2, 0) is 6.42 Å². The zero-order chi connectivity index (χ0) is 15.1. The molecule has 0 unspecified atom stereocenters. The van der Waals surface area contributed by atoms with Gasteiger partial charge in [0.25, 0.3) is 5.91 Å². The zero-order valence-corrected chi connectivity index (χ0v) is 12.5. The Morgan fingerprint density at radius 2 is 2.05 bits per heavy atom. The molecule has 2 rings (SSSR count). The van der Waals surface area contributed by atoms with E-state index in [9.17, 15) is 4.79 Å². The molecule has 0 atom stereocenters. The first kappa shape index (κ1) is 15.0. The maximum Gasteiger partial charge on any atom is 0.254 e. The molecule has 0 bridgehead atoms. The van der Waals surface area contributed by atoms with Crippen molar-refractivity contribution < 1.29 is 4.79 Å². The van der Waals surface area contributed by atoms with E-state index in [0.29, 0.717) is 12.1 Å². The van der Waals surface area contributed by atoms with Crippen molar-refractivity contribution in [3.8, 4) is 0 Å². The monoisotopic (exact) mass is 283 g/mol. The van der Waals surface area contributed by atoms with E-state index in [4.69, 9.17) is 0 Å². The zero-order valence-electron chi connectivity index (χ0n) is 12.5. The summed E-state index contributed by atoms with van der Waals surface area (Å²) in [5, 5.41) is 6.13. The summed E-state index contributed by atoms with van der Waals surface area (Å²) < 4.78 is 0. The van der Waals surface area contributed by atoms with Crippen LogP contribution in [0.1, 0.15) is 28.4 Å². The van der Waals surface area contributed by atoms with Crippen molar-refractivity contribution in [2.75, 3.05) is 18.4 Å². The van der Waals surface area contributed by atoms with Crippen LogP contribution in [0.2, 0.25) is 0 Å². The van der Waals surface area contributed by atoms with Gasteiger partial charge in [0, 0.05) is 25.5 Å². The van der Waals surface area contributed by atoms with E-state index in [1.54, 1.807) is 12.4 Å². The maximum absolute atomic E-state index is 12.2. The van der Waals surface area contributed by atoms with Crippen molar-refractivity contribution in [1.29, 1.82) is 0 Å². The minimum absolute atomic E-state index is 0.0902. The second-order valence-electron chi connectivity index (χ2n) is 4.88. The largest absolute Gasteiger partial charge is 0.385 e. The van der Waals surface area contributed by atoms with Crippen molar-refractivity contribution in [2.24, 2.45) is 0 Å². The molecule has 0 saturated carbocycles. The van der Waals surface area contributed by atoms with Gasteiger partial charge in [-0.25, -0.2) is 0 Å². The summed E-state index contributed by atoms with van der Waals surface area (Å²) in [4.78, 5) is 16.3. The number of pyridine rings is 1. The third kappa shape index (κ3) is 4.05. The molecule has 4 heteroatoms. The van der Waals surface area contributed by atoms with E-state index in [1.807, 2.05) is 25.1 Å². The second-order valence-corrected chi connectivity index (χ2v) is 4.88. The van der Waals surface area contributed by atoms with Crippen LogP contribution in [0.4, 0.5) is 5.69 Å². The van der Waals surface area contributed by atoms with Crippen LogP contribution in [0.5, 0.6) is 0 Å². The highest BCUT2D eigenvalue weighted by Crippen LogP contribution is 2.13. The summed E-state index contributed by atoms with van der Waals surface area (Å²) in [5.41, 5.74) is 3.92. The Labute approximate surface area is 125 Å². The number of carbonyl (C=O) groups excluding carboxylic acids is 1. The molecule has 4 nitrogen and oxygen atoms in total. The van der Waals surface area contributed by atoms with Gasteiger partial charge < -0.3 is 10.6 Å². The molecule has 0 spiro atoms. The molecule has 0 fully saturated rings. The van der Waals surface area contributed by atoms with Crippen molar-refractivity contribution in [1.82, 2.24) is 10.3 Å². The first-order valence-electron chi connectivity index (χ1n) is 7.23. The van der Waals surface area contributed by atoms with Gasteiger partial charge in [0.1, 0.15) is 0 Å². The Morgan fingerprint density at radius 3 is 2.81 bits per heavy atom. The molecule has 2 N–H and O–H groups in total. The van der Waals surface area contributed by atoms with Crippen LogP contribution in [0.15, 0.2) is 42.7 Å². The normalized spacial score (nSPS) is 10.2. The molecule has 110 valence electrons. The molecule has 2 aromatic rings. The predicted octanol–water partition coefficient (Wildman–Crippen LogP) is 2.79. The van der Waals surface area contributed by atoms with E-state index >= 15 is 0 Å². The lowest BCUT2D eigenvalue weighted by molar-refractivity contribution is 0.0954. The van der Waals surface area contributed by atoms with Crippen molar-refractivity contribution >= 4 is 11.6 Å². The fourth-order valence-corrected chi connectivity index (χ4v) is 2.22. The average Bonchev–Trinajstić information content (AvgIpc) is 2.50. The summed E-state index contributed by atoms with van der Waals surface area (Å²) in [6, 6.07) is 10.0. The number of hydrogen-bond acceptors (Lipinski definition) is 3. The van der Waals surface area contributed by atoms with Crippen molar-refractivity contribution in [2.45, 2.75) is 20.3 Å². The first-order valence-corrected chi connectivity index (χ1v) is 7.23. The van der Waals surface area contributed by atoms with Gasteiger partial charge in [-0.2, -0.15) is 0 Å². The van der Waals surface area contributed by atoms with Gasteiger partial charge in [-0.3, -0.25) is 9.78 Å². The summed E-state index contributed by atoms with van der Waals surface area (Å²) in [5.74, 6) is -0.0902. The Hall–Kier alpha value is -2.36. The lowest BCUT2D eigenvalue weighted by Crippen LogP contribution is -2.26. The fourth-order valence-electron chi connectivity index (χ4n) is 2.22. The van der Waals surface area contributed by atoms with E-state index in [-0.39, 0.29) is 5.91 Å². The molecule has 1 amide bonds. The topological polar surface area (TPSA) is 54.0 Å². The third-order valence-electron chi connectivity index (χ3n) is 3.37. The van der Waals surface area contributed by atoms with E-state index in [2.05, 4.69) is 34.7 Å². The predicted molar refractivity (Wildman–Crippen MR) is 85.6 cm³/mol. The summed E-state index contributed by atoms with van der Waals surface area (Å²) in [6.07, 6.45) is 4.11. The third-order valence-corrected chi connectivity index (χ3v) is 3.37. The number of amides is 1. The number of nitrogens with zero attached hydrogens (tertiary/aromatic N) is 1. The van der Waals surface area contributed by atoms with Gasteiger partial charge in [0.05, 0.1) is 11.3 Å². The minimum atomic E-state index is -0.0902. The number of aromatic nitrogens is 1. The van der Waals surface area contributed by atoms with Crippen LogP contribution in [-0.4, -0.2) is 24.0 Å². The van der Waals surface area contributed by atoms with E-state index in [0.717, 1.165) is 18.7 Å². The van der Waals surface area contributed by atoms with E-state index in [1.165, 1.54) is 11.1 Å². The number of hydrogen-bond donors (Lipinski definition) is 2. The molecule has 1 aromatic heterocycles. The molecule has 0 aliphatic heterocycles. The van der Waals surface area contributed by atoms with E-state index < -0.39 is 0 Å². The highest BCUT2D eigenvalue weighted by atomic mass is 16.1. The number of nitrogens with one attached hydrogen (secondary N) is 2. The maximum atomic E-state index is 12.2. The highest BCUT2D eigenvalue weighted by Gasteiger charge is 2.10. The fraction of sp³-hybridized carbons (Fsp3) is 0.294. The molecule has 0 saturated heterocycles. The quantitative estimate of drug-likeness (QED) is 0.857. The summed E-state index contributed by atoms with van der Waals surface area (Å²) in [7, 11) is 0. The molecule has 0 aliphatic carbocycles. The van der Waals surface area contributed by atoms with Crippen molar-refractivity contribution in [3.05, 3.63) is 59.4 Å². The molecular formula is C17H21N3O. The number of aryl methyl sites for hydroxylation is 1. The minimum Gasteiger partial charge on any atom is -0.385 e. The molecule has 21 heavy (non-hydrogen) atoms.